The molecule has 0 bridgehead atoms. The lowest BCUT2D eigenvalue weighted by Crippen LogP contribution is -2.28. The van der Waals surface area contributed by atoms with Crippen LogP contribution in [0, 0.1) is 0 Å². The number of benzene rings is 2. The molecule has 2 rings (SSSR count). The molecule has 4 nitrogen and oxygen atoms in total. The molecular weight excluding hydrogens is 383 g/mol. The van der Waals surface area contributed by atoms with Crippen molar-refractivity contribution >= 4 is 5.91 Å². The Morgan fingerprint density at radius 1 is 1.07 bits per heavy atom. The minimum Gasteiger partial charge on any atom is -0.483 e. The molecule has 0 saturated carbocycles. The van der Waals surface area contributed by atoms with Gasteiger partial charge in [-0.15, -0.1) is 0 Å². The van der Waals surface area contributed by atoms with E-state index < -0.39 is 12.8 Å². The normalized spacial score (nSPS) is 12.4. The van der Waals surface area contributed by atoms with Crippen molar-refractivity contribution in [1.29, 1.82) is 0 Å². The fourth-order valence-corrected chi connectivity index (χ4v) is 2.67. The highest BCUT2D eigenvalue weighted by Crippen LogP contribution is 2.28. The molecule has 0 saturated heterocycles. The molecule has 1 amide bonds. The number of alkyl halides is 3. The molecule has 2 aromatic rings. The van der Waals surface area contributed by atoms with Gasteiger partial charge >= 0.3 is 6.18 Å². The molecule has 0 heterocycles. The SMILES string of the molecule is CCC(C)c1ccccc1OCC(=O)NCc1ccc(COCC(F)(F)F)cc1. The van der Waals surface area contributed by atoms with Crippen molar-refractivity contribution in [1.82, 2.24) is 5.32 Å². The average Bonchev–Trinajstić information content (AvgIpc) is 2.70. The molecule has 1 unspecified atom stereocenters. The van der Waals surface area contributed by atoms with E-state index in [9.17, 15) is 18.0 Å². The number of para-hydroxylation sites is 1. The molecule has 0 radical (unpaired) electrons. The van der Waals surface area contributed by atoms with Gasteiger partial charge in [0.25, 0.3) is 5.91 Å². The third-order valence-electron chi connectivity index (χ3n) is 4.47. The summed E-state index contributed by atoms with van der Waals surface area (Å²) in [4.78, 5) is 12.1. The predicted octanol–water partition coefficient (Wildman–Crippen LogP) is 4.97. The number of carbonyl (C=O) groups is 1. The highest BCUT2D eigenvalue weighted by Gasteiger charge is 2.27. The van der Waals surface area contributed by atoms with E-state index in [1.165, 1.54) is 0 Å². The molecular formula is C22H26F3NO3. The molecule has 7 heteroatoms. The highest BCUT2D eigenvalue weighted by atomic mass is 19.4. The number of halogens is 3. The van der Waals surface area contributed by atoms with Crippen molar-refractivity contribution in [3.8, 4) is 5.75 Å². The Hall–Kier alpha value is -2.54. The molecule has 1 N–H and O–H groups in total. The minimum atomic E-state index is -4.33. The zero-order valence-corrected chi connectivity index (χ0v) is 16.6. The second-order valence-corrected chi connectivity index (χ2v) is 6.84. The number of hydrogen-bond acceptors (Lipinski definition) is 3. The van der Waals surface area contributed by atoms with Gasteiger partial charge in [0.1, 0.15) is 12.4 Å². The van der Waals surface area contributed by atoms with E-state index in [2.05, 4.69) is 23.9 Å². The van der Waals surface area contributed by atoms with Crippen LogP contribution in [0.1, 0.15) is 42.9 Å². The van der Waals surface area contributed by atoms with E-state index in [1.807, 2.05) is 24.3 Å². The first-order valence-corrected chi connectivity index (χ1v) is 9.49. The summed E-state index contributed by atoms with van der Waals surface area (Å²) >= 11 is 0. The summed E-state index contributed by atoms with van der Waals surface area (Å²) in [5.74, 6) is 0.801. The van der Waals surface area contributed by atoms with Crippen LogP contribution in [0.15, 0.2) is 48.5 Å². The second kappa shape index (κ2) is 10.9. The van der Waals surface area contributed by atoms with Gasteiger partial charge in [-0.05, 0) is 35.1 Å². The molecule has 29 heavy (non-hydrogen) atoms. The summed E-state index contributed by atoms with van der Waals surface area (Å²) in [5, 5.41) is 2.77. The Morgan fingerprint density at radius 3 is 2.38 bits per heavy atom. The van der Waals surface area contributed by atoms with Crippen LogP contribution in [0.2, 0.25) is 0 Å². The zero-order chi connectivity index (χ0) is 21.3. The number of carbonyl (C=O) groups excluding carboxylic acids is 1. The topological polar surface area (TPSA) is 47.6 Å². The van der Waals surface area contributed by atoms with E-state index in [0.717, 1.165) is 17.5 Å². The van der Waals surface area contributed by atoms with Crippen LogP contribution >= 0.6 is 0 Å². The van der Waals surface area contributed by atoms with E-state index in [4.69, 9.17) is 4.74 Å². The number of rotatable bonds is 10. The first-order chi connectivity index (χ1) is 13.8. The third kappa shape index (κ3) is 8.15. The Morgan fingerprint density at radius 2 is 1.72 bits per heavy atom. The van der Waals surface area contributed by atoms with E-state index in [-0.39, 0.29) is 19.1 Å². The lowest BCUT2D eigenvalue weighted by Gasteiger charge is -2.15. The Kier molecular flexibility index (Phi) is 8.51. The van der Waals surface area contributed by atoms with Crippen molar-refractivity contribution in [2.75, 3.05) is 13.2 Å². The summed E-state index contributed by atoms with van der Waals surface area (Å²) in [5.41, 5.74) is 2.54. The van der Waals surface area contributed by atoms with Crippen molar-refractivity contribution in [2.24, 2.45) is 0 Å². The largest absolute Gasteiger partial charge is 0.483 e. The molecule has 0 fully saturated rings. The Labute approximate surface area is 169 Å². The van der Waals surface area contributed by atoms with Crippen LogP contribution < -0.4 is 10.1 Å². The Balaban J connectivity index is 1.77. The molecule has 0 aromatic heterocycles. The van der Waals surface area contributed by atoms with Crippen molar-refractivity contribution in [2.45, 2.75) is 45.5 Å². The van der Waals surface area contributed by atoms with Gasteiger partial charge in [-0.3, -0.25) is 4.79 Å². The highest BCUT2D eigenvalue weighted by molar-refractivity contribution is 5.77. The molecule has 158 valence electrons. The van der Waals surface area contributed by atoms with Crippen LogP contribution in [0.3, 0.4) is 0 Å². The number of nitrogens with one attached hydrogen (secondary N) is 1. The van der Waals surface area contributed by atoms with Gasteiger partial charge < -0.3 is 14.8 Å². The summed E-state index contributed by atoms with van der Waals surface area (Å²) < 4.78 is 46.5. The first kappa shape index (κ1) is 22.7. The van der Waals surface area contributed by atoms with Crippen LogP contribution in [0.4, 0.5) is 13.2 Å². The van der Waals surface area contributed by atoms with Gasteiger partial charge in [0.2, 0.25) is 0 Å². The van der Waals surface area contributed by atoms with Crippen molar-refractivity contribution in [3.05, 3.63) is 65.2 Å². The van der Waals surface area contributed by atoms with E-state index >= 15 is 0 Å². The maximum Gasteiger partial charge on any atom is 0.411 e. The summed E-state index contributed by atoms with van der Waals surface area (Å²) in [6, 6.07) is 14.5. The fraction of sp³-hybridized carbons (Fsp3) is 0.409. The van der Waals surface area contributed by atoms with Crippen LogP contribution in [-0.4, -0.2) is 25.3 Å². The summed E-state index contributed by atoms with van der Waals surface area (Å²) in [6.45, 7) is 3.04. The van der Waals surface area contributed by atoms with Gasteiger partial charge in [0, 0.05) is 6.54 Å². The second-order valence-electron chi connectivity index (χ2n) is 6.84. The number of hydrogen-bond donors (Lipinski definition) is 1. The quantitative estimate of drug-likeness (QED) is 0.602. The molecule has 1 atom stereocenters. The van der Waals surface area contributed by atoms with Crippen LogP contribution in [-0.2, 0) is 22.7 Å². The molecule has 2 aromatic carbocycles. The smallest absolute Gasteiger partial charge is 0.411 e. The van der Waals surface area contributed by atoms with Gasteiger partial charge in [-0.2, -0.15) is 13.2 Å². The lowest BCUT2D eigenvalue weighted by molar-refractivity contribution is -0.176. The maximum absolute atomic E-state index is 12.1. The number of ether oxygens (including phenoxy) is 2. The van der Waals surface area contributed by atoms with Gasteiger partial charge in [0.05, 0.1) is 6.61 Å². The molecule has 0 spiro atoms. The first-order valence-electron chi connectivity index (χ1n) is 9.49. The summed E-state index contributed by atoms with van der Waals surface area (Å²) in [6.07, 6.45) is -3.36. The van der Waals surface area contributed by atoms with Gasteiger partial charge in [-0.25, -0.2) is 0 Å². The molecule has 0 aliphatic rings. The minimum absolute atomic E-state index is 0.0865. The summed E-state index contributed by atoms with van der Waals surface area (Å²) in [7, 11) is 0. The van der Waals surface area contributed by atoms with Gasteiger partial charge in [0.15, 0.2) is 6.61 Å². The maximum atomic E-state index is 12.1. The fourth-order valence-electron chi connectivity index (χ4n) is 2.67. The average molecular weight is 409 g/mol. The van der Waals surface area contributed by atoms with E-state index in [0.29, 0.717) is 23.8 Å². The lowest BCUT2D eigenvalue weighted by atomic mass is 9.98. The third-order valence-corrected chi connectivity index (χ3v) is 4.47. The molecule has 0 aliphatic heterocycles. The standard InChI is InChI=1S/C22H26F3NO3/c1-3-16(2)19-6-4-5-7-20(19)29-14-21(27)26-12-17-8-10-18(11-9-17)13-28-15-22(23,24)25/h4-11,16H,3,12-15H2,1-2H3,(H,26,27). The van der Waals surface area contributed by atoms with E-state index in [1.54, 1.807) is 24.3 Å². The van der Waals surface area contributed by atoms with Crippen molar-refractivity contribution in [3.63, 3.8) is 0 Å². The monoisotopic (exact) mass is 409 g/mol. The predicted molar refractivity (Wildman–Crippen MR) is 105 cm³/mol. The Bertz CT molecular complexity index is 776. The van der Waals surface area contributed by atoms with Crippen LogP contribution in [0.25, 0.3) is 0 Å². The van der Waals surface area contributed by atoms with Crippen LogP contribution in [0.5, 0.6) is 5.75 Å². The zero-order valence-electron chi connectivity index (χ0n) is 16.6. The van der Waals surface area contributed by atoms with Crippen molar-refractivity contribution < 1.29 is 27.4 Å². The number of amides is 1. The molecule has 0 aliphatic carbocycles. The van der Waals surface area contributed by atoms with Gasteiger partial charge in [-0.1, -0.05) is 56.3 Å².